The molecule has 24 heavy (non-hydrogen) atoms. The minimum atomic E-state index is 0.650. The first-order chi connectivity index (χ1) is 11.5. The number of likely N-dealkylation sites (tertiary alicyclic amines) is 1. The van der Waals surface area contributed by atoms with Crippen LogP contribution in [0.2, 0.25) is 0 Å². The highest BCUT2D eigenvalue weighted by Gasteiger charge is 2.29. The van der Waals surface area contributed by atoms with Crippen molar-refractivity contribution in [1.29, 1.82) is 0 Å². The van der Waals surface area contributed by atoms with Crippen LogP contribution in [0.25, 0.3) is 0 Å². The summed E-state index contributed by atoms with van der Waals surface area (Å²) in [4.78, 5) is 5.12. The molecular weight excluding hydrogens is 296 g/mol. The summed E-state index contributed by atoms with van der Waals surface area (Å²) in [6.07, 6.45) is 3.39. The Labute approximate surface area is 146 Å². The Morgan fingerprint density at radius 1 is 1.25 bits per heavy atom. The molecule has 2 heterocycles. The fraction of sp³-hybridized carbons (Fsp3) is 0.550. The summed E-state index contributed by atoms with van der Waals surface area (Å²) in [5.41, 5.74) is 3.92. The number of piperidine rings is 1. The molecule has 1 aliphatic heterocycles. The first kappa shape index (κ1) is 17.2. The Balaban J connectivity index is 1.56. The molecular formula is C20H30N4. The first-order valence-corrected chi connectivity index (χ1v) is 8.98. The largest absolute Gasteiger partial charge is 0.299 e. The highest BCUT2D eigenvalue weighted by molar-refractivity contribution is 5.16. The summed E-state index contributed by atoms with van der Waals surface area (Å²) in [5.74, 6) is 0.685. The fourth-order valence-electron chi connectivity index (χ4n) is 4.05. The molecule has 4 nitrogen and oxygen atoms in total. The van der Waals surface area contributed by atoms with Crippen LogP contribution in [0.1, 0.15) is 30.2 Å². The zero-order valence-corrected chi connectivity index (χ0v) is 15.4. The molecule has 0 aliphatic carbocycles. The van der Waals surface area contributed by atoms with Gasteiger partial charge in [0.15, 0.2) is 0 Å². The van der Waals surface area contributed by atoms with Gasteiger partial charge in [0.05, 0.1) is 5.69 Å². The summed E-state index contributed by atoms with van der Waals surface area (Å²) in [7, 11) is 4.27. The zero-order valence-electron chi connectivity index (χ0n) is 15.4. The van der Waals surface area contributed by atoms with E-state index < -0.39 is 0 Å². The van der Waals surface area contributed by atoms with Gasteiger partial charge in [0, 0.05) is 44.5 Å². The van der Waals surface area contributed by atoms with Crippen molar-refractivity contribution in [1.82, 2.24) is 19.6 Å². The summed E-state index contributed by atoms with van der Waals surface area (Å²) in [5, 5.41) is 4.47. The second-order valence-electron chi connectivity index (χ2n) is 7.38. The number of nitrogens with zero attached hydrogens (tertiary/aromatic N) is 4. The van der Waals surface area contributed by atoms with Gasteiger partial charge < -0.3 is 0 Å². The van der Waals surface area contributed by atoms with Gasteiger partial charge >= 0.3 is 0 Å². The van der Waals surface area contributed by atoms with Gasteiger partial charge in [0.1, 0.15) is 0 Å². The molecule has 4 heteroatoms. The van der Waals surface area contributed by atoms with Crippen molar-refractivity contribution < 1.29 is 0 Å². The van der Waals surface area contributed by atoms with Crippen molar-refractivity contribution in [2.24, 2.45) is 13.0 Å². The smallest absolute Gasteiger partial charge is 0.0638 e. The monoisotopic (exact) mass is 326 g/mol. The third-order valence-corrected chi connectivity index (χ3v) is 5.29. The number of aryl methyl sites for hydroxylation is 2. The van der Waals surface area contributed by atoms with Gasteiger partial charge in [0.2, 0.25) is 0 Å². The van der Waals surface area contributed by atoms with Gasteiger partial charge in [-0.15, -0.1) is 0 Å². The van der Waals surface area contributed by atoms with Crippen molar-refractivity contribution in [2.45, 2.75) is 39.4 Å². The Hall–Kier alpha value is -1.65. The topological polar surface area (TPSA) is 24.3 Å². The fourth-order valence-corrected chi connectivity index (χ4v) is 4.05. The molecule has 0 bridgehead atoms. The molecule has 1 aliphatic rings. The van der Waals surface area contributed by atoms with Crippen molar-refractivity contribution in [3.8, 4) is 0 Å². The Kier molecular flexibility index (Phi) is 5.36. The molecule has 0 spiro atoms. The van der Waals surface area contributed by atoms with Gasteiger partial charge in [0.25, 0.3) is 0 Å². The lowest BCUT2D eigenvalue weighted by atomic mass is 9.92. The lowest BCUT2D eigenvalue weighted by Gasteiger charge is -2.41. The Morgan fingerprint density at radius 2 is 2.00 bits per heavy atom. The van der Waals surface area contributed by atoms with Gasteiger partial charge in [-0.3, -0.25) is 14.5 Å². The third-order valence-electron chi connectivity index (χ3n) is 5.29. The molecule has 1 aromatic carbocycles. The molecule has 0 amide bonds. The minimum absolute atomic E-state index is 0.650. The molecule has 2 unspecified atom stereocenters. The maximum atomic E-state index is 4.47. The molecule has 0 radical (unpaired) electrons. The van der Waals surface area contributed by atoms with E-state index in [0.717, 1.165) is 18.8 Å². The molecule has 0 N–H and O–H groups in total. The van der Waals surface area contributed by atoms with Crippen LogP contribution in [0, 0.1) is 12.8 Å². The van der Waals surface area contributed by atoms with Crippen LogP contribution >= 0.6 is 0 Å². The Morgan fingerprint density at radius 3 is 2.62 bits per heavy atom. The van der Waals surface area contributed by atoms with E-state index in [-0.39, 0.29) is 0 Å². The maximum Gasteiger partial charge on any atom is 0.0638 e. The van der Waals surface area contributed by atoms with Crippen LogP contribution in [-0.2, 0) is 20.1 Å². The van der Waals surface area contributed by atoms with Crippen LogP contribution in [0.3, 0.4) is 0 Å². The molecule has 2 aromatic rings. The van der Waals surface area contributed by atoms with Crippen LogP contribution in [0.15, 0.2) is 36.5 Å². The highest BCUT2D eigenvalue weighted by Crippen LogP contribution is 2.24. The highest BCUT2D eigenvalue weighted by atomic mass is 15.3. The van der Waals surface area contributed by atoms with Crippen molar-refractivity contribution in [2.75, 3.05) is 20.1 Å². The number of benzene rings is 1. The van der Waals surface area contributed by atoms with Crippen molar-refractivity contribution in [3.63, 3.8) is 0 Å². The normalized spacial score (nSPS) is 22.2. The Bertz CT molecular complexity index is 649. The van der Waals surface area contributed by atoms with Crippen LogP contribution in [0.4, 0.5) is 0 Å². The average molecular weight is 326 g/mol. The average Bonchev–Trinajstić information content (AvgIpc) is 2.86. The van der Waals surface area contributed by atoms with Crippen molar-refractivity contribution >= 4 is 0 Å². The molecule has 1 aromatic heterocycles. The predicted molar refractivity (Wildman–Crippen MR) is 98.7 cm³/mol. The number of hydrogen-bond donors (Lipinski definition) is 0. The quantitative estimate of drug-likeness (QED) is 0.844. The van der Waals surface area contributed by atoms with Gasteiger partial charge in [-0.25, -0.2) is 0 Å². The van der Waals surface area contributed by atoms with Crippen LogP contribution < -0.4 is 0 Å². The number of rotatable bonds is 5. The van der Waals surface area contributed by atoms with E-state index >= 15 is 0 Å². The number of hydrogen-bond acceptors (Lipinski definition) is 3. The summed E-state index contributed by atoms with van der Waals surface area (Å²) >= 11 is 0. The van der Waals surface area contributed by atoms with Gasteiger partial charge in [-0.05, 0) is 38.4 Å². The first-order valence-electron chi connectivity index (χ1n) is 8.98. The standard InChI is InChI=1S/C20H30N4/c1-16-12-24(13-18-8-6-5-7-9-18)11-10-20(16)22(3)14-19-15-23(4)21-17(19)2/h5-9,15-16,20H,10-14H2,1-4H3. The zero-order chi connectivity index (χ0) is 17.1. The molecule has 1 saturated heterocycles. The van der Waals surface area contributed by atoms with Gasteiger partial charge in [-0.2, -0.15) is 5.10 Å². The van der Waals surface area contributed by atoms with Crippen LogP contribution in [-0.4, -0.2) is 45.8 Å². The van der Waals surface area contributed by atoms with E-state index in [0.29, 0.717) is 12.0 Å². The molecule has 1 fully saturated rings. The second-order valence-corrected chi connectivity index (χ2v) is 7.38. The molecule has 130 valence electrons. The maximum absolute atomic E-state index is 4.47. The lowest BCUT2D eigenvalue weighted by molar-refractivity contribution is 0.0718. The second kappa shape index (κ2) is 7.49. The SMILES string of the molecule is Cc1nn(C)cc1CN(C)C1CCN(Cc2ccccc2)CC1C. The summed E-state index contributed by atoms with van der Waals surface area (Å²) in [6.45, 7) is 8.93. The predicted octanol–water partition coefficient (Wildman–Crippen LogP) is 3.07. The third kappa shape index (κ3) is 4.05. The van der Waals surface area contributed by atoms with E-state index in [1.54, 1.807) is 0 Å². The van der Waals surface area contributed by atoms with E-state index in [9.17, 15) is 0 Å². The lowest BCUT2D eigenvalue weighted by Crippen LogP contribution is -2.48. The van der Waals surface area contributed by atoms with Crippen LogP contribution in [0.5, 0.6) is 0 Å². The summed E-state index contributed by atoms with van der Waals surface area (Å²) < 4.78 is 1.92. The van der Waals surface area contributed by atoms with E-state index in [1.807, 2.05) is 11.7 Å². The molecule has 0 saturated carbocycles. The summed E-state index contributed by atoms with van der Waals surface area (Å²) in [6, 6.07) is 11.5. The molecule has 2 atom stereocenters. The van der Waals surface area contributed by atoms with E-state index in [2.05, 4.69) is 72.3 Å². The minimum Gasteiger partial charge on any atom is -0.299 e. The van der Waals surface area contributed by atoms with E-state index in [4.69, 9.17) is 0 Å². The number of aromatic nitrogens is 2. The van der Waals surface area contributed by atoms with E-state index in [1.165, 1.54) is 30.6 Å². The molecule has 3 rings (SSSR count). The van der Waals surface area contributed by atoms with Gasteiger partial charge in [-0.1, -0.05) is 37.3 Å². The van der Waals surface area contributed by atoms with Crippen molar-refractivity contribution in [3.05, 3.63) is 53.3 Å².